The van der Waals surface area contributed by atoms with E-state index in [2.05, 4.69) is 15.4 Å². The molecule has 1 atom stereocenters. The maximum absolute atomic E-state index is 13.3. The van der Waals surface area contributed by atoms with Crippen molar-refractivity contribution in [2.45, 2.75) is 32.7 Å². The Labute approximate surface area is 186 Å². The number of hydrogen-bond acceptors (Lipinski definition) is 7. The molecule has 0 bridgehead atoms. The fourth-order valence-corrected chi connectivity index (χ4v) is 4.69. The lowest BCUT2D eigenvalue weighted by molar-refractivity contribution is 0.0537. The fraction of sp³-hybridized carbons (Fsp3) is 0.348. The number of ether oxygens (including phenoxy) is 2. The Kier molecular flexibility index (Phi) is 6.48. The molecular formula is C23H26N4O3S. The number of carbonyl (C=O) groups excluding carboxylic acids is 1. The minimum Gasteiger partial charge on any atom is -0.493 e. The van der Waals surface area contributed by atoms with E-state index in [1.165, 1.54) is 11.3 Å². The second-order valence-electron chi connectivity index (χ2n) is 7.30. The number of rotatable bonds is 6. The molecule has 0 aliphatic carbocycles. The number of hydrazine groups is 1. The third kappa shape index (κ3) is 4.55. The summed E-state index contributed by atoms with van der Waals surface area (Å²) >= 11 is 1.41. The molecule has 8 heteroatoms. The largest absolute Gasteiger partial charge is 0.493 e. The summed E-state index contributed by atoms with van der Waals surface area (Å²) in [5.41, 5.74) is 6.13. The number of pyridine rings is 1. The van der Waals surface area contributed by atoms with E-state index in [1.807, 2.05) is 44.2 Å². The molecule has 2 aromatic heterocycles. The van der Waals surface area contributed by atoms with Crippen molar-refractivity contribution in [2.24, 2.45) is 0 Å². The predicted molar refractivity (Wildman–Crippen MR) is 120 cm³/mol. The lowest BCUT2D eigenvalue weighted by atomic mass is 10.00. The predicted octanol–water partition coefficient (Wildman–Crippen LogP) is 4.40. The van der Waals surface area contributed by atoms with Crippen molar-refractivity contribution in [1.29, 1.82) is 0 Å². The third-order valence-corrected chi connectivity index (χ3v) is 6.42. The van der Waals surface area contributed by atoms with Crippen molar-refractivity contribution in [1.82, 2.24) is 20.4 Å². The number of amides is 1. The van der Waals surface area contributed by atoms with Crippen LogP contribution in [0.5, 0.6) is 11.5 Å². The Morgan fingerprint density at radius 3 is 2.94 bits per heavy atom. The van der Waals surface area contributed by atoms with Crippen LogP contribution in [0.2, 0.25) is 0 Å². The average Bonchev–Trinajstić information content (AvgIpc) is 3.21. The number of carbonyl (C=O) groups is 1. The Hall–Kier alpha value is -2.97. The number of benzene rings is 1. The first kappa shape index (κ1) is 21.3. The summed E-state index contributed by atoms with van der Waals surface area (Å²) in [6.07, 6.45) is 5.34. The molecule has 4 rings (SSSR count). The van der Waals surface area contributed by atoms with Crippen LogP contribution >= 0.6 is 11.3 Å². The zero-order valence-electron chi connectivity index (χ0n) is 17.9. The van der Waals surface area contributed by atoms with Crippen LogP contribution < -0.4 is 14.9 Å². The molecule has 1 aromatic carbocycles. The van der Waals surface area contributed by atoms with E-state index in [9.17, 15) is 4.79 Å². The maximum Gasteiger partial charge on any atom is 0.279 e. The number of nitrogens with zero attached hydrogens (tertiary/aromatic N) is 3. The molecular weight excluding hydrogens is 412 g/mol. The molecule has 0 radical (unpaired) electrons. The lowest BCUT2D eigenvalue weighted by Crippen LogP contribution is -2.48. The number of nitrogens with one attached hydrogen (secondary N) is 1. The normalized spacial score (nSPS) is 16.2. The summed E-state index contributed by atoms with van der Waals surface area (Å²) in [7, 11) is 1.63. The Balaban J connectivity index is 1.53. The van der Waals surface area contributed by atoms with Crippen molar-refractivity contribution in [3.63, 3.8) is 0 Å². The Morgan fingerprint density at radius 2 is 2.19 bits per heavy atom. The molecule has 1 fully saturated rings. The van der Waals surface area contributed by atoms with E-state index in [1.54, 1.807) is 24.5 Å². The first-order chi connectivity index (χ1) is 15.1. The quantitative estimate of drug-likeness (QED) is 0.615. The molecule has 1 saturated heterocycles. The van der Waals surface area contributed by atoms with E-state index < -0.39 is 0 Å². The highest BCUT2D eigenvalue weighted by Crippen LogP contribution is 2.34. The summed E-state index contributed by atoms with van der Waals surface area (Å²) in [6, 6.07) is 9.77. The van der Waals surface area contributed by atoms with Gasteiger partial charge in [0.15, 0.2) is 11.5 Å². The van der Waals surface area contributed by atoms with E-state index in [0.717, 1.165) is 34.7 Å². The summed E-state index contributed by atoms with van der Waals surface area (Å²) in [5, 5.41) is 2.52. The SMILES string of the molecule is CCOc1cc(C2CCCN(C(=O)c3sc(-c4cccnc4)nc3C)N2)ccc1OC. The van der Waals surface area contributed by atoms with Gasteiger partial charge in [0.2, 0.25) is 0 Å². The van der Waals surface area contributed by atoms with Crippen LogP contribution in [-0.4, -0.2) is 41.1 Å². The molecule has 7 nitrogen and oxygen atoms in total. The number of thiazole rings is 1. The minimum absolute atomic E-state index is 0.0221. The van der Waals surface area contributed by atoms with Gasteiger partial charge in [-0.2, -0.15) is 0 Å². The summed E-state index contributed by atoms with van der Waals surface area (Å²) in [6.45, 7) is 5.04. The highest BCUT2D eigenvalue weighted by atomic mass is 32.1. The van der Waals surface area contributed by atoms with Crippen molar-refractivity contribution in [3.8, 4) is 22.1 Å². The number of aryl methyl sites for hydroxylation is 1. The van der Waals surface area contributed by atoms with Crippen LogP contribution in [0, 0.1) is 6.92 Å². The van der Waals surface area contributed by atoms with Gasteiger partial charge in [-0.1, -0.05) is 6.07 Å². The summed E-state index contributed by atoms with van der Waals surface area (Å²) in [5.74, 6) is 1.37. The molecule has 1 unspecified atom stereocenters. The number of methoxy groups -OCH3 is 1. The van der Waals surface area contributed by atoms with Crippen LogP contribution in [0.4, 0.5) is 0 Å². The molecule has 31 heavy (non-hydrogen) atoms. The molecule has 1 amide bonds. The third-order valence-electron chi connectivity index (χ3n) is 5.22. The van der Waals surface area contributed by atoms with Crippen molar-refractivity contribution < 1.29 is 14.3 Å². The molecule has 1 aliphatic rings. The molecule has 0 saturated carbocycles. The summed E-state index contributed by atoms with van der Waals surface area (Å²) in [4.78, 5) is 22.7. The maximum atomic E-state index is 13.3. The minimum atomic E-state index is -0.0478. The van der Waals surface area contributed by atoms with Gasteiger partial charge in [0.05, 0.1) is 25.5 Å². The highest BCUT2D eigenvalue weighted by Gasteiger charge is 2.28. The number of hydrogen-bond donors (Lipinski definition) is 1. The van der Waals surface area contributed by atoms with Gasteiger partial charge in [-0.25, -0.2) is 10.4 Å². The number of aromatic nitrogens is 2. The van der Waals surface area contributed by atoms with Crippen molar-refractivity contribution >= 4 is 17.2 Å². The average molecular weight is 439 g/mol. The topological polar surface area (TPSA) is 76.6 Å². The van der Waals surface area contributed by atoms with Crippen LogP contribution in [-0.2, 0) is 0 Å². The van der Waals surface area contributed by atoms with Gasteiger partial charge in [0.1, 0.15) is 9.88 Å². The van der Waals surface area contributed by atoms with E-state index in [0.29, 0.717) is 29.5 Å². The first-order valence-electron chi connectivity index (χ1n) is 10.4. The van der Waals surface area contributed by atoms with Gasteiger partial charge in [0, 0.05) is 24.5 Å². The molecule has 162 valence electrons. The second kappa shape index (κ2) is 9.45. The fourth-order valence-electron chi connectivity index (χ4n) is 3.68. The summed E-state index contributed by atoms with van der Waals surface area (Å²) < 4.78 is 11.1. The molecule has 1 N–H and O–H groups in total. The van der Waals surface area contributed by atoms with Gasteiger partial charge in [-0.3, -0.25) is 14.8 Å². The van der Waals surface area contributed by atoms with Gasteiger partial charge in [-0.05, 0) is 56.5 Å². The monoisotopic (exact) mass is 438 g/mol. The van der Waals surface area contributed by atoms with Crippen LogP contribution in [0.3, 0.4) is 0 Å². The van der Waals surface area contributed by atoms with Crippen molar-refractivity contribution in [3.05, 3.63) is 58.9 Å². The van der Waals surface area contributed by atoms with E-state index >= 15 is 0 Å². The lowest BCUT2D eigenvalue weighted by Gasteiger charge is -2.34. The highest BCUT2D eigenvalue weighted by molar-refractivity contribution is 7.17. The van der Waals surface area contributed by atoms with Crippen LogP contribution in [0.15, 0.2) is 42.7 Å². The van der Waals surface area contributed by atoms with Gasteiger partial charge >= 0.3 is 0 Å². The van der Waals surface area contributed by atoms with Gasteiger partial charge < -0.3 is 9.47 Å². The van der Waals surface area contributed by atoms with E-state index in [4.69, 9.17) is 9.47 Å². The first-order valence-corrected chi connectivity index (χ1v) is 11.2. The smallest absolute Gasteiger partial charge is 0.279 e. The molecule has 1 aliphatic heterocycles. The van der Waals surface area contributed by atoms with Gasteiger partial charge in [-0.15, -0.1) is 11.3 Å². The van der Waals surface area contributed by atoms with E-state index in [-0.39, 0.29) is 11.9 Å². The standard InChI is InChI=1S/C23H26N4O3S/c1-4-30-20-13-16(9-10-19(20)29-3)18-8-6-12-27(26-18)23(28)21-15(2)25-22(31-21)17-7-5-11-24-14-17/h5,7,9-11,13-14,18,26H,4,6,8,12H2,1-3H3. The zero-order valence-corrected chi connectivity index (χ0v) is 18.7. The molecule has 3 aromatic rings. The van der Waals surface area contributed by atoms with Gasteiger partial charge in [0.25, 0.3) is 5.91 Å². The Bertz CT molecular complexity index is 1050. The zero-order chi connectivity index (χ0) is 21.8. The second-order valence-corrected chi connectivity index (χ2v) is 8.30. The van der Waals surface area contributed by atoms with Crippen molar-refractivity contribution in [2.75, 3.05) is 20.3 Å². The molecule has 0 spiro atoms. The molecule has 3 heterocycles. The Morgan fingerprint density at radius 1 is 1.32 bits per heavy atom. The van der Waals surface area contributed by atoms with Crippen LogP contribution in [0.25, 0.3) is 10.6 Å². The van der Waals surface area contributed by atoms with Crippen LogP contribution in [0.1, 0.15) is 46.7 Å².